The Balaban J connectivity index is 0.00000171. The van der Waals surface area contributed by atoms with Crippen molar-refractivity contribution in [1.82, 2.24) is 10.2 Å². The maximum atomic E-state index is 13.0. The number of ether oxygens (including phenoxy) is 1. The first-order valence-electron chi connectivity index (χ1n) is 9.90. The minimum atomic E-state index is -0.121. The van der Waals surface area contributed by atoms with E-state index in [2.05, 4.69) is 72.4 Å². The first-order valence-corrected chi connectivity index (χ1v) is 11.5. The van der Waals surface area contributed by atoms with Crippen LogP contribution in [0.1, 0.15) is 41.6 Å². The van der Waals surface area contributed by atoms with Crippen LogP contribution in [0.5, 0.6) is 5.75 Å². The fourth-order valence-corrected chi connectivity index (χ4v) is 5.97. The van der Waals surface area contributed by atoms with Crippen LogP contribution in [0.2, 0.25) is 0 Å². The number of hydrogen-bond acceptors (Lipinski definition) is 4. The van der Waals surface area contributed by atoms with Crippen molar-refractivity contribution in [2.45, 2.75) is 50.4 Å². The van der Waals surface area contributed by atoms with Gasteiger partial charge in [-0.1, -0.05) is 30.3 Å². The number of nitrogens with two attached hydrogens (primary N) is 1. The van der Waals surface area contributed by atoms with Gasteiger partial charge in [0.25, 0.3) is 5.91 Å². The zero-order valence-corrected chi connectivity index (χ0v) is 21.2. The molecular weight excluding hydrogens is 550 g/mol. The molecule has 0 radical (unpaired) electrons. The Kier molecular flexibility index (Phi) is 9.21. The van der Waals surface area contributed by atoms with Crippen LogP contribution in [0, 0.1) is 0 Å². The molecule has 170 valence electrons. The highest BCUT2D eigenvalue weighted by atomic mass is 79.9. The molecule has 5 N–H and O–H groups in total. The number of carbonyl (C=O) groups is 1. The highest BCUT2D eigenvalue weighted by Gasteiger charge is 2.41. The van der Waals surface area contributed by atoms with Crippen molar-refractivity contribution in [3.8, 4) is 5.75 Å². The Morgan fingerprint density at radius 1 is 1.19 bits per heavy atom. The largest absolute Gasteiger partial charge is 0.495 e. The lowest BCUT2D eigenvalue weighted by molar-refractivity contribution is 0.0825. The third-order valence-electron chi connectivity index (χ3n) is 6.09. The van der Waals surface area contributed by atoms with Crippen molar-refractivity contribution in [2.75, 3.05) is 12.8 Å². The van der Waals surface area contributed by atoms with Crippen LogP contribution in [0.4, 0.5) is 5.69 Å². The van der Waals surface area contributed by atoms with E-state index in [1.54, 1.807) is 13.2 Å². The molecule has 0 saturated carbocycles. The predicted octanol–water partition coefficient (Wildman–Crippen LogP) is 4.32. The number of nitrogens with zero attached hydrogens (tertiary/aromatic N) is 1. The summed E-state index contributed by atoms with van der Waals surface area (Å²) < 4.78 is 6.71. The van der Waals surface area contributed by atoms with Gasteiger partial charge >= 0.3 is 0 Å². The lowest BCUT2D eigenvalue weighted by Gasteiger charge is -2.39. The molecule has 2 heterocycles. The number of piperidine rings is 1. The van der Waals surface area contributed by atoms with Gasteiger partial charge in [0.05, 0.1) is 22.8 Å². The van der Waals surface area contributed by atoms with Crippen molar-refractivity contribution in [1.29, 1.82) is 0 Å². The number of rotatable bonds is 5. The standard InChI is InChI=1S/C22H25Br2N3O2.ClH.H2O/c1-29-21-17(11-18(23)20(25)19(21)24)22(28)26-14-9-15-7-8-16(10-14)27(15)12-13-5-3-2-4-6-13;;/h2-6,11,14-16H,7-10,12,25H2,1H3,(H,26,28);1H;1H2. The molecule has 31 heavy (non-hydrogen) atoms. The van der Waals surface area contributed by atoms with Gasteiger partial charge in [0.15, 0.2) is 0 Å². The zero-order valence-electron chi connectivity index (χ0n) is 17.2. The molecule has 0 aliphatic carbocycles. The lowest BCUT2D eigenvalue weighted by atomic mass is 9.96. The molecule has 9 heteroatoms. The summed E-state index contributed by atoms with van der Waals surface area (Å²) in [6, 6.07) is 13.6. The van der Waals surface area contributed by atoms with Gasteiger partial charge in [-0.25, -0.2) is 0 Å². The number of benzene rings is 2. The second-order valence-corrected chi connectivity index (χ2v) is 9.50. The normalized spacial score (nSPS) is 22.2. The van der Waals surface area contributed by atoms with E-state index in [4.69, 9.17) is 10.5 Å². The topological polar surface area (TPSA) is 99.1 Å². The molecule has 2 unspecified atom stereocenters. The van der Waals surface area contributed by atoms with Gasteiger partial charge in [-0.2, -0.15) is 0 Å². The van der Waals surface area contributed by atoms with E-state index in [-0.39, 0.29) is 29.8 Å². The van der Waals surface area contributed by atoms with E-state index in [9.17, 15) is 4.79 Å². The third-order valence-corrected chi connectivity index (χ3v) is 7.53. The monoisotopic (exact) mass is 575 g/mol. The molecule has 2 bridgehead atoms. The predicted molar refractivity (Wildman–Crippen MR) is 133 cm³/mol. The van der Waals surface area contributed by atoms with E-state index in [1.165, 1.54) is 18.4 Å². The van der Waals surface area contributed by atoms with Gasteiger partial charge in [0.2, 0.25) is 0 Å². The number of anilines is 1. The Morgan fingerprint density at radius 3 is 2.39 bits per heavy atom. The van der Waals surface area contributed by atoms with Crippen molar-refractivity contribution in [3.63, 3.8) is 0 Å². The van der Waals surface area contributed by atoms with Crippen LogP contribution in [0.15, 0.2) is 45.3 Å². The van der Waals surface area contributed by atoms with Gasteiger partial charge in [0.1, 0.15) is 5.75 Å². The third kappa shape index (κ3) is 5.37. The number of fused-ring (bicyclic) bond motifs is 2. The average Bonchev–Trinajstić information content (AvgIpc) is 2.95. The highest BCUT2D eigenvalue weighted by Crippen LogP contribution is 2.40. The van der Waals surface area contributed by atoms with E-state index in [0.29, 0.717) is 38.0 Å². The minimum Gasteiger partial charge on any atom is -0.495 e. The number of methoxy groups -OCH3 is 1. The van der Waals surface area contributed by atoms with E-state index >= 15 is 0 Å². The molecule has 2 aromatic carbocycles. The average molecular weight is 578 g/mol. The van der Waals surface area contributed by atoms with E-state index < -0.39 is 0 Å². The van der Waals surface area contributed by atoms with Gasteiger partial charge < -0.3 is 21.3 Å². The van der Waals surface area contributed by atoms with Crippen molar-refractivity contribution < 1.29 is 15.0 Å². The van der Waals surface area contributed by atoms with Crippen LogP contribution in [-0.2, 0) is 6.54 Å². The van der Waals surface area contributed by atoms with Crippen molar-refractivity contribution in [3.05, 3.63) is 56.5 Å². The molecule has 4 rings (SSSR count). The van der Waals surface area contributed by atoms with Crippen LogP contribution in [0.3, 0.4) is 0 Å². The summed E-state index contributed by atoms with van der Waals surface area (Å²) in [6.45, 7) is 0.989. The molecule has 2 aromatic rings. The highest BCUT2D eigenvalue weighted by molar-refractivity contribution is 9.11. The maximum Gasteiger partial charge on any atom is 0.255 e. The fraction of sp³-hybridized carbons (Fsp3) is 0.409. The Labute approximate surface area is 205 Å². The maximum absolute atomic E-state index is 13.0. The summed E-state index contributed by atoms with van der Waals surface area (Å²) in [5.74, 6) is 0.344. The summed E-state index contributed by atoms with van der Waals surface area (Å²) in [4.78, 5) is 15.6. The quantitative estimate of drug-likeness (QED) is 0.517. The fourth-order valence-electron chi connectivity index (χ4n) is 4.69. The molecule has 2 aliphatic rings. The first kappa shape index (κ1) is 25.9. The number of amides is 1. The molecular formula is C22H28Br2ClN3O3. The molecule has 2 fully saturated rings. The van der Waals surface area contributed by atoms with Crippen LogP contribution in [-0.4, -0.2) is 41.5 Å². The molecule has 2 saturated heterocycles. The van der Waals surface area contributed by atoms with Crippen LogP contribution < -0.4 is 15.8 Å². The molecule has 1 amide bonds. The Hall–Kier alpha value is -1.32. The summed E-state index contributed by atoms with van der Waals surface area (Å²) in [5, 5.41) is 3.24. The SMILES string of the molecule is COc1c(C(=O)NC2CC3CCC(C2)N3Cc2ccccc2)cc(Br)c(N)c1Br.Cl.O. The number of nitrogens with one attached hydrogen (secondary N) is 1. The number of carbonyl (C=O) groups excluding carboxylic acids is 1. The Morgan fingerprint density at radius 2 is 1.81 bits per heavy atom. The van der Waals surface area contributed by atoms with E-state index in [1.807, 2.05) is 0 Å². The lowest BCUT2D eigenvalue weighted by Crippen LogP contribution is -2.50. The number of halogens is 3. The molecule has 2 atom stereocenters. The molecule has 2 aliphatic heterocycles. The van der Waals surface area contributed by atoms with Crippen molar-refractivity contribution >= 4 is 55.9 Å². The van der Waals surface area contributed by atoms with Gasteiger partial charge in [-0.15, -0.1) is 12.4 Å². The van der Waals surface area contributed by atoms with Gasteiger partial charge in [-0.05, 0) is 69.2 Å². The zero-order chi connectivity index (χ0) is 20.5. The van der Waals surface area contributed by atoms with Gasteiger partial charge in [-0.3, -0.25) is 9.69 Å². The summed E-state index contributed by atoms with van der Waals surface area (Å²) in [5.41, 5.74) is 8.38. The molecule has 0 spiro atoms. The number of nitrogen functional groups attached to an aromatic ring is 1. The van der Waals surface area contributed by atoms with Crippen molar-refractivity contribution in [2.24, 2.45) is 0 Å². The second kappa shape index (κ2) is 11.0. The summed E-state index contributed by atoms with van der Waals surface area (Å²) in [7, 11) is 1.55. The van der Waals surface area contributed by atoms with Gasteiger partial charge in [0, 0.05) is 29.1 Å². The Bertz CT molecular complexity index is 903. The minimum absolute atomic E-state index is 0. The summed E-state index contributed by atoms with van der Waals surface area (Å²) in [6.07, 6.45) is 4.36. The first-order chi connectivity index (χ1) is 14.0. The summed E-state index contributed by atoms with van der Waals surface area (Å²) >= 11 is 6.86. The van der Waals surface area contributed by atoms with Crippen LogP contribution in [0.25, 0.3) is 0 Å². The van der Waals surface area contributed by atoms with E-state index in [0.717, 1.165) is 19.4 Å². The van der Waals surface area contributed by atoms with Crippen LogP contribution >= 0.6 is 44.3 Å². The molecule has 6 nitrogen and oxygen atoms in total. The molecule has 0 aromatic heterocycles. The number of hydrogen-bond donors (Lipinski definition) is 2. The second-order valence-electron chi connectivity index (χ2n) is 7.85. The smallest absolute Gasteiger partial charge is 0.255 e.